The number of carbonyl (C=O) groups excluding carboxylic acids is 1. The number of halogens is 1. The first-order chi connectivity index (χ1) is 16.8. The van der Waals surface area contributed by atoms with Crippen LogP contribution in [-0.2, 0) is 14.6 Å². The van der Waals surface area contributed by atoms with E-state index in [1.54, 1.807) is 41.0 Å². The molecule has 4 aromatic rings. The van der Waals surface area contributed by atoms with Crippen molar-refractivity contribution >= 4 is 26.6 Å². The van der Waals surface area contributed by atoms with Crippen LogP contribution in [0.2, 0.25) is 0 Å². The van der Waals surface area contributed by atoms with Gasteiger partial charge >= 0.3 is 0 Å². The molecule has 2 aliphatic heterocycles. The van der Waals surface area contributed by atoms with Crippen molar-refractivity contribution in [1.29, 1.82) is 0 Å². The van der Waals surface area contributed by atoms with Gasteiger partial charge in [-0.1, -0.05) is 24.3 Å². The van der Waals surface area contributed by atoms with Crippen molar-refractivity contribution in [2.45, 2.75) is 23.5 Å². The van der Waals surface area contributed by atoms with Crippen molar-refractivity contribution in [3.63, 3.8) is 0 Å². The molecule has 2 atom stereocenters. The van der Waals surface area contributed by atoms with E-state index in [-0.39, 0.29) is 28.9 Å². The van der Waals surface area contributed by atoms with Gasteiger partial charge < -0.3 is 9.64 Å². The molecule has 10 heteroatoms. The van der Waals surface area contributed by atoms with Gasteiger partial charge in [-0.15, -0.1) is 0 Å². The maximum Gasteiger partial charge on any atom is 0.254 e. The lowest BCUT2D eigenvalue weighted by Crippen LogP contribution is -2.41. The fourth-order valence-corrected chi connectivity index (χ4v) is 5.75. The number of sulfone groups is 1. The first-order valence-electron chi connectivity index (χ1n) is 11.1. The van der Waals surface area contributed by atoms with Crippen LogP contribution in [0, 0.1) is 5.82 Å². The van der Waals surface area contributed by atoms with Crippen LogP contribution in [0.3, 0.4) is 0 Å². The van der Waals surface area contributed by atoms with Gasteiger partial charge in [-0.05, 0) is 24.6 Å². The van der Waals surface area contributed by atoms with Gasteiger partial charge in [-0.2, -0.15) is 0 Å². The normalized spacial score (nSPS) is 19.5. The Morgan fingerprint density at radius 1 is 1.14 bits per heavy atom. The van der Waals surface area contributed by atoms with Crippen LogP contribution in [0.5, 0.6) is 0 Å². The minimum atomic E-state index is -3.57. The number of ether oxygens (including phenoxy) is 1. The van der Waals surface area contributed by atoms with Crippen LogP contribution in [0.4, 0.5) is 4.39 Å². The average molecular weight is 493 g/mol. The third kappa shape index (κ3) is 3.69. The SMILES string of the molecule is CS(=O)(=O)c1cn(-c2ncc(-c3ccccc3F)cn2)c2cc(C(=O)N3CC4CC3CO4)ccc12. The summed E-state index contributed by atoms with van der Waals surface area (Å²) < 4.78 is 46.3. The molecule has 0 N–H and O–H groups in total. The number of hydrogen-bond donors (Lipinski definition) is 0. The van der Waals surface area contributed by atoms with Crippen molar-refractivity contribution < 1.29 is 22.3 Å². The number of carbonyl (C=O) groups is 1. The number of hydrogen-bond acceptors (Lipinski definition) is 6. The Hall–Kier alpha value is -3.63. The highest BCUT2D eigenvalue weighted by atomic mass is 32.2. The lowest BCUT2D eigenvalue weighted by atomic mass is 10.1. The zero-order valence-corrected chi connectivity index (χ0v) is 19.6. The van der Waals surface area contributed by atoms with Crippen LogP contribution in [-0.4, -0.2) is 65.3 Å². The van der Waals surface area contributed by atoms with Gasteiger partial charge in [0.25, 0.3) is 5.91 Å². The predicted molar refractivity (Wildman–Crippen MR) is 127 cm³/mol. The fourth-order valence-electron chi connectivity index (χ4n) is 4.88. The molecule has 2 fully saturated rings. The largest absolute Gasteiger partial charge is 0.374 e. The Balaban J connectivity index is 1.44. The second-order valence-electron chi connectivity index (χ2n) is 8.92. The van der Waals surface area contributed by atoms with E-state index >= 15 is 0 Å². The van der Waals surface area contributed by atoms with Gasteiger partial charge in [-0.3, -0.25) is 9.36 Å². The minimum Gasteiger partial charge on any atom is -0.374 e. The van der Waals surface area contributed by atoms with Crippen LogP contribution < -0.4 is 0 Å². The smallest absolute Gasteiger partial charge is 0.254 e. The minimum absolute atomic E-state index is 0.0656. The Morgan fingerprint density at radius 2 is 1.91 bits per heavy atom. The van der Waals surface area contributed by atoms with Crippen molar-refractivity contribution in [3.05, 3.63) is 72.4 Å². The van der Waals surface area contributed by atoms with Gasteiger partial charge in [0.15, 0.2) is 9.84 Å². The highest BCUT2D eigenvalue weighted by Gasteiger charge is 2.41. The van der Waals surface area contributed by atoms with Gasteiger partial charge in [0.05, 0.1) is 29.2 Å². The summed E-state index contributed by atoms with van der Waals surface area (Å²) in [6.07, 6.45) is 6.48. The molecule has 178 valence electrons. The summed E-state index contributed by atoms with van der Waals surface area (Å²) in [7, 11) is -3.57. The number of likely N-dealkylation sites (tertiary alicyclic amines) is 1. The van der Waals surface area contributed by atoms with E-state index in [2.05, 4.69) is 9.97 Å². The maximum absolute atomic E-state index is 14.2. The quantitative estimate of drug-likeness (QED) is 0.434. The lowest BCUT2D eigenvalue weighted by molar-refractivity contribution is 0.0259. The van der Waals surface area contributed by atoms with E-state index in [9.17, 15) is 17.6 Å². The number of fused-ring (bicyclic) bond motifs is 3. The molecular formula is C25H21FN4O4S. The number of benzene rings is 2. The summed E-state index contributed by atoms with van der Waals surface area (Å²) in [5.41, 5.74) is 1.81. The van der Waals surface area contributed by atoms with E-state index in [0.717, 1.165) is 12.7 Å². The number of nitrogens with zero attached hydrogens (tertiary/aromatic N) is 4. The number of rotatable bonds is 4. The molecule has 0 aliphatic carbocycles. The molecule has 2 unspecified atom stereocenters. The Morgan fingerprint density at radius 3 is 2.57 bits per heavy atom. The molecule has 8 nitrogen and oxygen atoms in total. The van der Waals surface area contributed by atoms with Gasteiger partial charge in [0.1, 0.15) is 5.82 Å². The Bertz CT molecular complexity index is 1580. The van der Waals surface area contributed by atoms with E-state index in [1.165, 1.54) is 24.7 Å². The summed E-state index contributed by atoms with van der Waals surface area (Å²) in [5.74, 6) is -0.297. The van der Waals surface area contributed by atoms with Gasteiger partial charge in [0.2, 0.25) is 5.95 Å². The number of aromatic nitrogens is 3. The van der Waals surface area contributed by atoms with Crippen molar-refractivity contribution in [2.75, 3.05) is 19.4 Å². The predicted octanol–water partition coefficient (Wildman–Crippen LogP) is 3.24. The molecule has 0 saturated carbocycles. The zero-order valence-electron chi connectivity index (χ0n) is 18.8. The van der Waals surface area contributed by atoms with Crippen LogP contribution in [0.1, 0.15) is 16.8 Å². The molecular weight excluding hydrogens is 471 g/mol. The molecule has 35 heavy (non-hydrogen) atoms. The fraction of sp³-hybridized carbons (Fsp3) is 0.240. The average Bonchev–Trinajstić information content (AvgIpc) is 3.58. The summed E-state index contributed by atoms with van der Waals surface area (Å²) in [5, 5.41) is 0.470. The van der Waals surface area contributed by atoms with Crippen LogP contribution in [0.15, 0.2) is 66.0 Å². The molecule has 2 aliphatic rings. The first-order valence-corrected chi connectivity index (χ1v) is 13.0. The molecule has 2 aromatic carbocycles. The van der Waals surface area contributed by atoms with E-state index in [4.69, 9.17) is 4.74 Å². The Labute approximate surface area is 200 Å². The van der Waals surface area contributed by atoms with Crippen LogP contribution in [0.25, 0.3) is 28.0 Å². The molecule has 0 radical (unpaired) electrons. The van der Waals surface area contributed by atoms with Crippen molar-refractivity contribution in [1.82, 2.24) is 19.4 Å². The van der Waals surface area contributed by atoms with Gasteiger partial charge in [0, 0.05) is 53.5 Å². The van der Waals surface area contributed by atoms with Crippen molar-refractivity contribution in [2.24, 2.45) is 0 Å². The molecule has 2 saturated heterocycles. The van der Waals surface area contributed by atoms with E-state index in [0.29, 0.717) is 40.7 Å². The lowest BCUT2D eigenvalue weighted by Gasteiger charge is -2.27. The highest BCUT2D eigenvalue weighted by Crippen LogP contribution is 2.32. The van der Waals surface area contributed by atoms with Gasteiger partial charge in [-0.25, -0.2) is 22.8 Å². The third-order valence-electron chi connectivity index (χ3n) is 6.62. The monoisotopic (exact) mass is 492 g/mol. The standard InChI is InChI=1S/C25H21FN4O4S/c1-35(32,33)23-13-30(25-27-10-16(11-28-25)19-4-2-3-5-21(19)26)22-8-15(6-7-20(22)23)24(31)29-12-18-9-17(29)14-34-18/h2-8,10-11,13,17-18H,9,12,14H2,1H3. The molecule has 2 bridgehead atoms. The molecule has 1 amide bonds. The summed E-state index contributed by atoms with van der Waals surface area (Å²) >= 11 is 0. The maximum atomic E-state index is 14.2. The highest BCUT2D eigenvalue weighted by molar-refractivity contribution is 7.91. The van der Waals surface area contributed by atoms with E-state index < -0.39 is 15.7 Å². The summed E-state index contributed by atoms with van der Waals surface area (Å²) in [6.45, 7) is 1.09. The molecule has 2 aromatic heterocycles. The summed E-state index contributed by atoms with van der Waals surface area (Å²) in [4.78, 5) is 23.9. The zero-order chi connectivity index (χ0) is 24.3. The summed E-state index contributed by atoms with van der Waals surface area (Å²) in [6, 6.07) is 11.4. The Kier molecular flexibility index (Phi) is 4.97. The number of amides is 1. The third-order valence-corrected chi connectivity index (χ3v) is 7.74. The molecule has 6 rings (SSSR count). The second-order valence-corrected chi connectivity index (χ2v) is 10.9. The molecule has 4 heterocycles. The van der Waals surface area contributed by atoms with Crippen LogP contribution >= 0.6 is 0 Å². The van der Waals surface area contributed by atoms with E-state index in [1.807, 2.05) is 4.90 Å². The van der Waals surface area contributed by atoms with Crippen molar-refractivity contribution in [3.8, 4) is 17.1 Å². The molecule has 0 spiro atoms. The first kappa shape index (κ1) is 21.9. The topological polar surface area (TPSA) is 94.4 Å². The number of morpholine rings is 1. The second kappa shape index (κ2) is 7.96.